The molecule has 0 aliphatic carbocycles. The zero-order valence-electron chi connectivity index (χ0n) is 12.4. The molecule has 0 aromatic heterocycles. The monoisotopic (exact) mass is 301 g/mol. The van der Waals surface area contributed by atoms with E-state index in [9.17, 15) is 14.0 Å². The summed E-state index contributed by atoms with van der Waals surface area (Å²) in [7, 11) is 0. The lowest BCUT2D eigenvalue weighted by molar-refractivity contribution is 0.0526. The van der Waals surface area contributed by atoms with Gasteiger partial charge in [-0.1, -0.05) is 6.07 Å². The van der Waals surface area contributed by atoms with Gasteiger partial charge >= 0.3 is 5.97 Å². The normalized spacial score (nSPS) is 10.1. The summed E-state index contributed by atoms with van der Waals surface area (Å²) in [4.78, 5) is 23.1. The second-order valence-electron chi connectivity index (χ2n) is 4.71. The lowest BCUT2D eigenvalue weighted by Gasteiger charge is -2.09. The summed E-state index contributed by atoms with van der Waals surface area (Å²) in [6.45, 7) is 3.40. The summed E-state index contributed by atoms with van der Waals surface area (Å²) >= 11 is 0. The molecule has 5 heteroatoms. The van der Waals surface area contributed by atoms with Gasteiger partial charge in [0.2, 0.25) is 0 Å². The number of carbonyl (C=O) groups excluding carboxylic acids is 2. The highest BCUT2D eigenvalue weighted by molar-refractivity contribution is 5.95. The molecule has 2 rings (SSSR count). The van der Waals surface area contributed by atoms with E-state index in [1.165, 1.54) is 19.1 Å². The molecule has 114 valence electrons. The van der Waals surface area contributed by atoms with Crippen molar-refractivity contribution in [2.45, 2.75) is 13.8 Å². The number of ether oxygens (including phenoxy) is 1. The topological polar surface area (TPSA) is 55.4 Å². The Bertz CT molecular complexity index is 713. The van der Waals surface area contributed by atoms with E-state index in [0.717, 1.165) is 0 Å². The van der Waals surface area contributed by atoms with Gasteiger partial charge < -0.3 is 10.1 Å². The van der Waals surface area contributed by atoms with Crippen LogP contribution in [-0.4, -0.2) is 18.4 Å². The molecule has 22 heavy (non-hydrogen) atoms. The van der Waals surface area contributed by atoms with Gasteiger partial charge in [-0.2, -0.15) is 0 Å². The number of esters is 1. The van der Waals surface area contributed by atoms with Crippen LogP contribution in [0.15, 0.2) is 42.5 Å². The molecule has 0 atom stereocenters. The van der Waals surface area contributed by atoms with E-state index in [2.05, 4.69) is 5.32 Å². The largest absolute Gasteiger partial charge is 0.462 e. The number of nitrogens with one attached hydrogen (secondary N) is 1. The average molecular weight is 301 g/mol. The first-order valence-corrected chi connectivity index (χ1v) is 6.85. The number of halogens is 1. The van der Waals surface area contributed by atoms with Crippen LogP contribution in [0.3, 0.4) is 0 Å². The van der Waals surface area contributed by atoms with E-state index in [1.807, 2.05) is 0 Å². The smallest absolute Gasteiger partial charge is 0.338 e. The number of benzene rings is 2. The Labute approximate surface area is 127 Å². The van der Waals surface area contributed by atoms with E-state index in [-0.39, 0.29) is 11.3 Å². The Kier molecular flexibility index (Phi) is 4.88. The van der Waals surface area contributed by atoms with Crippen molar-refractivity contribution < 1.29 is 18.7 Å². The van der Waals surface area contributed by atoms with Crippen molar-refractivity contribution in [2.24, 2.45) is 0 Å². The van der Waals surface area contributed by atoms with Crippen molar-refractivity contribution >= 4 is 23.1 Å². The molecule has 0 aliphatic heterocycles. The van der Waals surface area contributed by atoms with Crippen molar-refractivity contribution in [3.8, 4) is 0 Å². The first kappa shape index (κ1) is 15.7. The molecule has 2 aromatic rings. The quantitative estimate of drug-likeness (QED) is 0.671. The molecule has 2 aromatic carbocycles. The highest BCUT2D eigenvalue weighted by Crippen LogP contribution is 2.21. The van der Waals surface area contributed by atoms with Crippen LogP contribution in [-0.2, 0) is 4.74 Å². The van der Waals surface area contributed by atoms with Crippen LogP contribution in [0.25, 0.3) is 0 Å². The maximum atomic E-state index is 13.5. The minimum atomic E-state index is -0.503. The molecular weight excluding hydrogens is 285 g/mol. The molecule has 0 saturated heterocycles. The average Bonchev–Trinajstić information content (AvgIpc) is 2.47. The molecule has 0 fully saturated rings. The second-order valence-corrected chi connectivity index (χ2v) is 4.71. The number of carbonyl (C=O) groups is 2. The minimum Gasteiger partial charge on any atom is -0.462 e. The van der Waals surface area contributed by atoms with E-state index in [4.69, 9.17) is 4.74 Å². The van der Waals surface area contributed by atoms with Crippen LogP contribution in [0.4, 0.5) is 15.8 Å². The fourth-order valence-electron chi connectivity index (χ4n) is 1.97. The molecule has 0 bridgehead atoms. The van der Waals surface area contributed by atoms with Crippen LogP contribution in [0.5, 0.6) is 0 Å². The Balaban J connectivity index is 2.26. The molecular formula is C17H16FNO3. The summed E-state index contributed by atoms with van der Waals surface area (Å²) in [6.07, 6.45) is 0. The van der Waals surface area contributed by atoms with Gasteiger partial charge in [0.25, 0.3) is 0 Å². The molecule has 0 aliphatic rings. The lowest BCUT2D eigenvalue weighted by Crippen LogP contribution is -2.05. The van der Waals surface area contributed by atoms with Crippen molar-refractivity contribution in [3.63, 3.8) is 0 Å². The zero-order valence-corrected chi connectivity index (χ0v) is 12.4. The number of ketones is 1. The van der Waals surface area contributed by atoms with Crippen LogP contribution in [0.2, 0.25) is 0 Å². The third-order valence-electron chi connectivity index (χ3n) is 2.97. The lowest BCUT2D eigenvalue weighted by atomic mass is 10.1. The molecule has 0 amide bonds. The van der Waals surface area contributed by atoms with Gasteiger partial charge in [0.1, 0.15) is 5.82 Å². The summed E-state index contributed by atoms with van der Waals surface area (Å²) < 4.78 is 18.5. The van der Waals surface area contributed by atoms with Crippen LogP contribution in [0.1, 0.15) is 34.6 Å². The SMILES string of the molecule is CCOC(=O)c1cccc(Nc2cc(F)cc(C(C)=O)c2)c1. The Morgan fingerprint density at radius 2 is 1.82 bits per heavy atom. The third-order valence-corrected chi connectivity index (χ3v) is 2.97. The summed E-state index contributed by atoms with van der Waals surface area (Å²) in [6, 6.07) is 10.7. The van der Waals surface area contributed by atoms with Crippen molar-refractivity contribution in [1.29, 1.82) is 0 Å². The molecule has 0 spiro atoms. The first-order valence-electron chi connectivity index (χ1n) is 6.85. The molecule has 0 unspecified atom stereocenters. The van der Waals surface area contributed by atoms with Gasteiger partial charge in [-0.05, 0) is 50.2 Å². The van der Waals surface area contributed by atoms with E-state index >= 15 is 0 Å². The molecule has 0 heterocycles. The summed E-state index contributed by atoms with van der Waals surface area (Å²) in [5.41, 5.74) is 1.72. The molecule has 0 saturated carbocycles. The van der Waals surface area contributed by atoms with Crippen molar-refractivity contribution in [3.05, 3.63) is 59.4 Å². The number of anilines is 2. The van der Waals surface area contributed by atoms with Crippen LogP contribution >= 0.6 is 0 Å². The van der Waals surface area contributed by atoms with E-state index < -0.39 is 11.8 Å². The maximum Gasteiger partial charge on any atom is 0.338 e. The predicted octanol–water partition coefficient (Wildman–Crippen LogP) is 3.95. The van der Waals surface area contributed by atoms with Crippen molar-refractivity contribution in [2.75, 3.05) is 11.9 Å². The number of Topliss-reactive ketones (excluding diaryl/α,β-unsaturated/α-hetero) is 1. The molecule has 4 nitrogen and oxygen atoms in total. The molecule has 1 N–H and O–H groups in total. The number of hydrogen-bond donors (Lipinski definition) is 1. The highest BCUT2D eigenvalue weighted by Gasteiger charge is 2.08. The third kappa shape index (κ3) is 3.91. The Morgan fingerprint density at radius 3 is 2.50 bits per heavy atom. The summed E-state index contributed by atoms with van der Waals surface area (Å²) in [5.74, 6) is -1.14. The fraction of sp³-hybridized carbons (Fsp3) is 0.176. The number of hydrogen-bond acceptors (Lipinski definition) is 4. The Morgan fingerprint density at radius 1 is 1.09 bits per heavy atom. The fourth-order valence-corrected chi connectivity index (χ4v) is 1.97. The second kappa shape index (κ2) is 6.85. The zero-order chi connectivity index (χ0) is 16.1. The van der Waals surface area contributed by atoms with Crippen LogP contribution in [0, 0.1) is 5.82 Å². The van der Waals surface area contributed by atoms with E-state index in [0.29, 0.717) is 23.5 Å². The van der Waals surface area contributed by atoms with Gasteiger partial charge in [-0.15, -0.1) is 0 Å². The van der Waals surface area contributed by atoms with Gasteiger partial charge in [0.05, 0.1) is 12.2 Å². The van der Waals surface area contributed by atoms with Gasteiger partial charge in [-0.3, -0.25) is 4.79 Å². The summed E-state index contributed by atoms with van der Waals surface area (Å²) in [5, 5.41) is 2.98. The van der Waals surface area contributed by atoms with E-state index in [1.54, 1.807) is 37.3 Å². The molecule has 0 radical (unpaired) electrons. The Hall–Kier alpha value is -2.69. The van der Waals surface area contributed by atoms with Gasteiger partial charge in [0.15, 0.2) is 5.78 Å². The first-order chi connectivity index (χ1) is 10.5. The highest BCUT2D eigenvalue weighted by atomic mass is 19.1. The minimum absolute atomic E-state index is 0.220. The maximum absolute atomic E-state index is 13.5. The number of rotatable bonds is 5. The van der Waals surface area contributed by atoms with Gasteiger partial charge in [-0.25, -0.2) is 9.18 Å². The standard InChI is InChI=1S/C17H16FNO3/c1-3-22-17(21)12-5-4-6-15(8-12)19-16-9-13(11(2)20)7-14(18)10-16/h4-10,19H,3H2,1-2H3. The van der Waals surface area contributed by atoms with Crippen molar-refractivity contribution in [1.82, 2.24) is 0 Å². The van der Waals surface area contributed by atoms with Gasteiger partial charge in [0, 0.05) is 16.9 Å². The van der Waals surface area contributed by atoms with Crippen LogP contribution < -0.4 is 5.32 Å². The predicted molar refractivity (Wildman–Crippen MR) is 82.1 cm³/mol.